The predicted molar refractivity (Wildman–Crippen MR) is 102 cm³/mol. The van der Waals surface area contributed by atoms with Crippen molar-refractivity contribution in [1.82, 2.24) is 4.72 Å². The Balaban J connectivity index is 1.96. The maximum atomic E-state index is 12.9. The van der Waals surface area contributed by atoms with E-state index < -0.39 is 21.7 Å². The van der Waals surface area contributed by atoms with Gasteiger partial charge in [-0.3, -0.25) is 9.59 Å². The van der Waals surface area contributed by atoms with Crippen LogP contribution in [0.25, 0.3) is 0 Å². The first kappa shape index (κ1) is 21.3. The predicted octanol–water partition coefficient (Wildman–Crippen LogP) is 2.10. The van der Waals surface area contributed by atoms with Gasteiger partial charge in [0.2, 0.25) is 21.8 Å². The number of hydrogen-bond acceptors (Lipinski definition) is 5. The SMILES string of the molecule is COc1ccc(NC(C)=O)cc1NC(=O)CCNS(=O)(=O)c1ccc(F)cc1. The molecule has 0 aliphatic carbocycles. The van der Waals surface area contributed by atoms with Gasteiger partial charge >= 0.3 is 0 Å². The van der Waals surface area contributed by atoms with Crippen LogP contribution < -0.4 is 20.1 Å². The number of benzene rings is 2. The number of anilines is 2. The molecule has 2 amide bonds. The van der Waals surface area contributed by atoms with E-state index >= 15 is 0 Å². The molecule has 0 radical (unpaired) electrons. The molecule has 28 heavy (non-hydrogen) atoms. The summed E-state index contributed by atoms with van der Waals surface area (Å²) in [7, 11) is -2.42. The molecule has 0 spiro atoms. The average Bonchev–Trinajstić information content (AvgIpc) is 2.61. The van der Waals surface area contributed by atoms with Crippen LogP contribution in [-0.4, -0.2) is 33.9 Å². The van der Waals surface area contributed by atoms with Crippen LogP contribution in [-0.2, 0) is 19.6 Å². The third-order valence-corrected chi connectivity index (χ3v) is 5.04. The molecule has 0 aliphatic rings. The van der Waals surface area contributed by atoms with Gasteiger partial charge in [-0.15, -0.1) is 0 Å². The van der Waals surface area contributed by atoms with Crippen molar-refractivity contribution in [2.24, 2.45) is 0 Å². The van der Waals surface area contributed by atoms with Gasteiger partial charge in [0.15, 0.2) is 0 Å². The first-order valence-electron chi connectivity index (χ1n) is 8.22. The molecule has 3 N–H and O–H groups in total. The number of hydrogen-bond donors (Lipinski definition) is 3. The Bertz CT molecular complexity index is 962. The number of ether oxygens (including phenoxy) is 1. The van der Waals surface area contributed by atoms with Crippen molar-refractivity contribution >= 4 is 33.2 Å². The standard InChI is InChI=1S/C18H20FN3O5S/c1-12(23)21-14-5-8-17(27-2)16(11-14)22-18(24)9-10-20-28(25,26)15-6-3-13(19)4-7-15/h3-8,11,20H,9-10H2,1-2H3,(H,21,23)(H,22,24). The lowest BCUT2D eigenvalue weighted by Gasteiger charge is -2.12. The van der Waals surface area contributed by atoms with E-state index in [2.05, 4.69) is 15.4 Å². The summed E-state index contributed by atoms with van der Waals surface area (Å²) in [6, 6.07) is 9.07. The van der Waals surface area contributed by atoms with Crippen molar-refractivity contribution in [3.63, 3.8) is 0 Å². The minimum absolute atomic E-state index is 0.0982. The zero-order valence-corrected chi connectivity index (χ0v) is 16.1. The summed E-state index contributed by atoms with van der Waals surface area (Å²) in [5, 5.41) is 5.20. The van der Waals surface area contributed by atoms with Gasteiger partial charge in [-0.05, 0) is 42.5 Å². The van der Waals surface area contributed by atoms with Crippen molar-refractivity contribution in [2.45, 2.75) is 18.2 Å². The fraction of sp³-hybridized carbons (Fsp3) is 0.222. The minimum Gasteiger partial charge on any atom is -0.495 e. The number of methoxy groups -OCH3 is 1. The quantitative estimate of drug-likeness (QED) is 0.618. The highest BCUT2D eigenvalue weighted by Crippen LogP contribution is 2.28. The fourth-order valence-corrected chi connectivity index (χ4v) is 3.33. The number of sulfonamides is 1. The minimum atomic E-state index is -3.85. The molecule has 2 aromatic carbocycles. The third-order valence-electron chi connectivity index (χ3n) is 3.56. The van der Waals surface area contributed by atoms with Crippen LogP contribution in [0, 0.1) is 5.82 Å². The summed E-state index contributed by atoms with van der Waals surface area (Å²) < 4.78 is 44.6. The van der Waals surface area contributed by atoms with E-state index in [-0.39, 0.29) is 23.8 Å². The summed E-state index contributed by atoms with van der Waals surface area (Å²) in [6.45, 7) is 1.20. The summed E-state index contributed by atoms with van der Waals surface area (Å²) in [6.07, 6.45) is -0.145. The second kappa shape index (κ2) is 9.29. The summed E-state index contributed by atoms with van der Waals surface area (Å²) >= 11 is 0. The first-order chi connectivity index (χ1) is 13.2. The van der Waals surface area contributed by atoms with Gasteiger partial charge in [0.25, 0.3) is 0 Å². The van der Waals surface area contributed by atoms with Crippen LogP contribution in [0.3, 0.4) is 0 Å². The maximum Gasteiger partial charge on any atom is 0.240 e. The lowest BCUT2D eigenvalue weighted by atomic mass is 10.2. The Kier molecular flexibility index (Phi) is 7.07. The van der Waals surface area contributed by atoms with Crippen molar-refractivity contribution in [3.8, 4) is 5.75 Å². The van der Waals surface area contributed by atoms with E-state index in [4.69, 9.17) is 4.74 Å². The van der Waals surface area contributed by atoms with Crippen LogP contribution in [0.2, 0.25) is 0 Å². The normalized spacial score (nSPS) is 11.0. The van der Waals surface area contributed by atoms with E-state index in [1.165, 1.54) is 20.1 Å². The number of halogens is 1. The molecule has 0 fully saturated rings. The summed E-state index contributed by atoms with van der Waals surface area (Å²) in [4.78, 5) is 23.2. The smallest absolute Gasteiger partial charge is 0.240 e. The highest BCUT2D eigenvalue weighted by molar-refractivity contribution is 7.89. The third kappa shape index (κ3) is 6.03. The molecule has 0 aromatic heterocycles. The fourth-order valence-electron chi connectivity index (χ4n) is 2.30. The molecule has 2 aromatic rings. The molecule has 8 nitrogen and oxygen atoms in total. The van der Waals surface area contributed by atoms with Crippen LogP contribution in [0.5, 0.6) is 5.75 Å². The Morgan fingerprint density at radius 2 is 1.75 bits per heavy atom. The van der Waals surface area contributed by atoms with Gasteiger partial charge in [-0.1, -0.05) is 0 Å². The van der Waals surface area contributed by atoms with E-state index in [1.807, 2.05) is 0 Å². The molecule has 150 valence electrons. The van der Waals surface area contributed by atoms with Gasteiger partial charge in [0, 0.05) is 25.6 Å². The van der Waals surface area contributed by atoms with E-state index in [9.17, 15) is 22.4 Å². The zero-order chi connectivity index (χ0) is 20.7. The zero-order valence-electron chi connectivity index (χ0n) is 15.3. The number of carbonyl (C=O) groups is 2. The van der Waals surface area contributed by atoms with Gasteiger partial charge in [-0.2, -0.15) is 0 Å². The summed E-state index contributed by atoms with van der Waals surface area (Å²) in [5.41, 5.74) is 0.806. The van der Waals surface area contributed by atoms with Crippen LogP contribution in [0.1, 0.15) is 13.3 Å². The molecular weight excluding hydrogens is 389 g/mol. The maximum absolute atomic E-state index is 12.9. The molecule has 0 saturated heterocycles. The van der Waals surface area contributed by atoms with Crippen LogP contribution >= 0.6 is 0 Å². The van der Waals surface area contributed by atoms with Crippen LogP contribution in [0.15, 0.2) is 47.4 Å². The Labute approximate surface area is 162 Å². The molecular formula is C18H20FN3O5S. The molecule has 2 rings (SSSR count). The van der Waals surface area contributed by atoms with Gasteiger partial charge in [0.05, 0.1) is 17.7 Å². The second-order valence-electron chi connectivity index (χ2n) is 5.75. The number of carbonyl (C=O) groups excluding carboxylic acids is 2. The van der Waals surface area contributed by atoms with Crippen molar-refractivity contribution in [1.29, 1.82) is 0 Å². The topological polar surface area (TPSA) is 114 Å². The molecule has 0 bridgehead atoms. The second-order valence-corrected chi connectivity index (χ2v) is 7.51. The van der Waals surface area contributed by atoms with E-state index in [0.29, 0.717) is 17.1 Å². The number of amides is 2. The molecule has 10 heteroatoms. The van der Waals surface area contributed by atoms with E-state index in [0.717, 1.165) is 24.3 Å². The lowest BCUT2D eigenvalue weighted by molar-refractivity contribution is -0.116. The Morgan fingerprint density at radius 1 is 1.07 bits per heavy atom. The van der Waals surface area contributed by atoms with Crippen LogP contribution in [0.4, 0.5) is 15.8 Å². The number of nitrogens with one attached hydrogen (secondary N) is 3. The van der Waals surface area contributed by atoms with Crippen molar-refractivity contribution < 1.29 is 27.1 Å². The number of rotatable bonds is 8. The Morgan fingerprint density at radius 3 is 2.36 bits per heavy atom. The van der Waals surface area contributed by atoms with Gasteiger partial charge in [-0.25, -0.2) is 17.5 Å². The van der Waals surface area contributed by atoms with Crippen molar-refractivity contribution in [2.75, 3.05) is 24.3 Å². The molecule has 0 aliphatic heterocycles. The molecule has 0 saturated carbocycles. The highest BCUT2D eigenvalue weighted by Gasteiger charge is 2.15. The summed E-state index contributed by atoms with van der Waals surface area (Å²) in [5.74, 6) is -0.888. The molecule has 0 heterocycles. The highest BCUT2D eigenvalue weighted by atomic mass is 32.2. The molecule has 0 atom stereocenters. The van der Waals surface area contributed by atoms with Gasteiger partial charge in [0.1, 0.15) is 11.6 Å². The van der Waals surface area contributed by atoms with E-state index in [1.54, 1.807) is 12.1 Å². The monoisotopic (exact) mass is 409 g/mol. The Hall–Kier alpha value is -2.98. The van der Waals surface area contributed by atoms with Crippen molar-refractivity contribution in [3.05, 3.63) is 48.3 Å². The van der Waals surface area contributed by atoms with Gasteiger partial charge < -0.3 is 15.4 Å². The largest absolute Gasteiger partial charge is 0.495 e. The molecule has 0 unspecified atom stereocenters. The lowest BCUT2D eigenvalue weighted by Crippen LogP contribution is -2.28. The average molecular weight is 409 g/mol. The first-order valence-corrected chi connectivity index (χ1v) is 9.70.